The van der Waals surface area contributed by atoms with E-state index in [0.29, 0.717) is 6.04 Å². The number of benzene rings is 1. The molecule has 0 bridgehead atoms. The van der Waals surface area contributed by atoms with Crippen molar-refractivity contribution in [1.29, 1.82) is 0 Å². The first-order valence-corrected chi connectivity index (χ1v) is 5.71. The van der Waals surface area contributed by atoms with Crippen molar-refractivity contribution in [3.63, 3.8) is 0 Å². The molecule has 1 aliphatic carbocycles. The van der Waals surface area contributed by atoms with Crippen LogP contribution in [0.1, 0.15) is 24.0 Å². The molecule has 2 N–H and O–H groups in total. The molecule has 15 heavy (non-hydrogen) atoms. The van der Waals surface area contributed by atoms with Gasteiger partial charge in [-0.1, -0.05) is 24.3 Å². The molecule has 82 valence electrons. The molecule has 1 atom stereocenters. The minimum absolute atomic E-state index is 0.258. The van der Waals surface area contributed by atoms with Crippen LogP contribution in [-0.2, 0) is 6.42 Å². The van der Waals surface area contributed by atoms with Crippen LogP contribution in [0.3, 0.4) is 0 Å². The lowest BCUT2D eigenvalue weighted by molar-refractivity contribution is 0.171. The molecule has 0 radical (unpaired) electrons. The van der Waals surface area contributed by atoms with Gasteiger partial charge >= 0.3 is 0 Å². The standard InChI is InChI=1S/C13H19NO/c1-10-4-2-3-5-11(10)8-13(15)9-14-12-6-7-12/h2-5,12-15H,6-9H2,1H3. The van der Waals surface area contributed by atoms with Crippen LogP contribution in [0, 0.1) is 6.92 Å². The van der Waals surface area contributed by atoms with E-state index in [0.717, 1.165) is 13.0 Å². The normalized spacial score (nSPS) is 17.7. The lowest BCUT2D eigenvalue weighted by Crippen LogP contribution is -2.29. The van der Waals surface area contributed by atoms with Gasteiger partial charge in [-0.05, 0) is 37.3 Å². The van der Waals surface area contributed by atoms with E-state index >= 15 is 0 Å². The van der Waals surface area contributed by atoms with E-state index in [9.17, 15) is 5.11 Å². The first-order chi connectivity index (χ1) is 7.25. The largest absolute Gasteiger partial charge is 0.391 e. The second-order valence-corrected chi connectivity index (χ2v) is 4.47. The van der Waals surface area contributed by atoms with Crippen molar-refractivity contribution in [3.8, 4) is 0 Å². The van der Waals surface area contributed by atoms with Crippen LogP contribution in [0.15, 0.2) is 24.3 Å². The Hall–Kier alpha value is -0.860. The van der Waals surface area contributed by atoms with Crippen molar-refractivity contribution in [2.75, 3.05) is 6.54 Å². The lowest BCUT2D eigenvalue weighted by Gasteiger charge is -2.12. The molecule has 0 aromatic heterocycles. The Morgan fingerprint density at radius 1 is 1.40 bits per heavy atom. The molecule has 0 amide bonds. The van der Waals surface area contributed by atoms with Crippen LogP contribution < -0.4 is 5.32 Å². The van der Waals surface area contributed by atoms with E-state index in [1.807, 2.05) is 12.1 Å². The quantitative estimate of drug-likeness (QED) is 0.766. The van der Waals surface area contributed by atoms with Gasteiger partial charge in [-0.3, -0.25) is 0 Å². The maximum Gasteiger partial charge on any atom is 0.0705 e. The number of rotatable bonds is 5. The van der Waals surface area contributed by atoms with Gasteiger partial charge in [0.1, 0.15) is 0 Å². The minimum Gasteiger partial charge on any atom is -0.391 e. The van der Waals surface area contributed by atoms with Gasteiger partial charge in [0.15, 0.2) is 0 Å². The summed E-state index contributed by atoms with van der Waals surface area (Å²) in [6.45, 7) is 2.81. The molecule has 0 heterocycles. The molecule has 1 fully saturated rings. The molecular formula is C13H19NO. The number of nitrogens with one attached hydrogen (secondary N) is 1. The maximum atomic E-state index is 9.84. The van der Waals surface area contributed by atoms with Crippen molar-refractivity contribution >= 4 is 0 Å². The van der Waals surface area contributed by atoms with Crippen molar-refractivity contribution in [3.05, 3.63) is 35.4 Å². The molecule has 1 unspecified atom stereocenters. The van der Waals surface area contributed by atoms with Gasteiger partial charge in [-0.15, -0.1) is 0 Å². The number of hydrogen-bond acceptors (Lipinski definition) is 2. The van der Waals surface area contributed by atoms with Crippen molar-refractivity contribution < 1.29 is 5.11 Å². The zero-order valence-electron chi connectivity index (χ0n) is 9.24. The van der Waals surface area contributed by atoms with Gasteiger partial charge in [0.2, 0.25) is 0 Å². The summed E-state index contributed by atoms with van der Waals surface area (Å²) in [7, 11) is 0. The predicted octanol–water partition coefficient (Wildman–Crippen LogP) is 1.65. The van der Waals surface area contributed by atoms with Crippen LogP contribution in [0.4, 0.5) is 0 Å². The zero-order valence-corrected chi connectivity index (χ0v) is 9.24. The summed E-state index contributed by atoms with van der Waals surface area (Å²) in [4.78, 5) is 0. The second-order valence-electron chi connectivity index (χ2n) is 4.47. The monoisotopic (exact) mass is 205 g/mol. The molecule has 0 spiro atoms. The van der Waals surface area contributed by atoms with Crippen LogP contribution >= 0.6 is 0 Å². The molecule has 0 aliphatic heterocycles. The van der Waals surface area contributed by atoms with Gasteiger partial charge in [-0.25, -0.2) is 0 Å². The molecule has 2 nitrogen and oxygen atoms in total. The number of aliphatic hydroxyl groups excluding tert-OH is 1. The third-order valence-corrected chi connectivity index (χ3v) is 2.94. The summed E-state index contributed by atoms with van der Waals surface area (Å²) >= 11 is 0. The van der Waals surface area contributed by atoms with Gasteiger partial charge in [0.25, 0.3) is 0 Å². The Kier molecular flexibility index (Phi) is 3.39. The molecular weight excluding hydrogens is 186 g/mol. The van der Waals surface area contributed by atoms with Gasteiger partial charge in [0, 0.05) is 12.6 Å². The van der Waals surface area contributed by atoms with Gasteiger partial charge in [0.05, 0.1) is 6.10 Å². The summed E-state index contributed by atoms with van der Waals surface area (Å²) in [6, 6.07) is 8.93. The van der Waals surface area contributed by atoms with E-state index in [-0.39, 0.29) is 6.10 Å². The van der Waals surface area contributed by atoms with Crippen molar-refractivity contribution in [2.24, 2.45) is 0 Å². The fourth-order valence-corrected chi connectivity index (χ4v) is 1.76. The van der Waals surface area contributed by atoms with E-state index in [4.69, 9.17) is 0 Å². The third-order valence-electron chi connectivity index (χ3n) is 2.94. The average Bonchev–Trinajstić information content (AvgIpc) is 3.02. The summed E-state index contributed by atoms with van der Waals surface area (Å²) in [6.07, 6.45) is 3.05. The molecule has 1 aromatic carbocycles. The SMILES string of the molecule is Cc1ccccc1CC(O)CNC1CC1. The minimum atomic E-state index is -0.258. The van der Waals surface area contributed by atoms with Gasteiger partial charge < -0.3 is 10.4 Å². The van der Waals surface area contributed by atoms with Crippen molar-refractivity contribution in [2.45, 2.75) is 38.3 Å². The highest BCUT2D eigenvalue weighted by Gasteiger charge is 2.21. The highest BCUT2D eigenvalue weighted by molar-refractivity contribution is 5.26. The Morgan fingerprint density at radius 2 is 2.13 bits per heavy atom. The molecule has 1 aromatic rings. The van der Waals surface area contributed by atoms with Gasteiger partial charge in [-0.2, -0.15) is 0 Å². The summed E-state index contributed by atoms with van der Waals surface area (Å²) in [5.41, 5.74) is 2.52. The highest BCUT2D eigenvalue weighted by atomic mass is 16.3. The molecule has 1 aliphatic rings. The predicted molar refractivity (Wildman–Crippen MR) is 61.9 cm³/mol. The third kappa shape index (κ3) is 3.33. The molecule has 2 rings (SSSR count). The van der Waals surface area contributed by atoms with Crippen molar-refractivity contribution in [1.82, 2.24) is 5.32 Å². The maximum absolute atomic E-state index is 9.84. The molecule has 2 heteroatoms. The number of hydrogen-bond donors (Lipinski definition) is 2. The van der Waals surface area contributed by atoms with E-state index in [1.165, 1.54) is 24.0 Å². The van der Waals surface area contributed by atoms with Crippen LogP contribution in [0.2, 0.25) is 0 Å². The van der Waals surface area contributed by atoms with Crippen LogP contribution in [0.25, 0.3) is 0 Å². The van der Waals surface area contributed by atoms with Crippen LogP contribution in [-0.4, -0.2) is 23.8 Å². The molecule has 0 saturated heterocycles. The lowest BCUT2D eigenvalue weighted by atomic mass is 10.0. The van der Waals surface area contributed by atoms with Crippen LogP contribution in [0.5, 0.6) is 0 Å². The smallest absolute Gasteiger partial charge is 0.0705 e. The zero-order chi connectivity index (χ0) is 10.7. The van der Waals surface area contributed by atoms with E-state index in [2.05, 4.69) is 24.4 Å². The fourth-order valence-electron chi connectivity index (χ4n) is 1.76. The number of aliphatic hydroxyl groups is 1. The Bertz CT molecular complexity index is 320. The fraction of sp³-hybridized carbons (Fsp3) is 0.538. The Balaban J connectivity index is 1.81. The number of aryl methyl sites for hydroxylation is 1. The first kappa shape index (κ1) is 10.7. The van der Waals surface area contributed by atoms with E-state index < -0.39 is 0 Å². The Morgan fingerprint density at radius 3 is 2.80 bits per heavy atom. The summed E-state index contributed by atoms with van der Waals surface area (Å²) in [5, 5.41) is 13.2. The van der Waals surface area contributed by atoms with E-state index in [1.54, 1.807) is 0 Å². The Labute approximate surface area is 91.3 Å². The summed E-state index contributed by atoms with van der Waals surface area (Å²) < 4.78 is 0. The first-order valence-electron chi connectivity index (χ1n) is 5.71. The second kappa shape index (κ2) is 4.77. The molecule has 1 saturated carbocycles. The average molecular weight is 205 g/mol. The topological polar surface area (TPSA) is 32.3 Å². The summed E-state index contributed by atoms with van der Waals surface area (Å²) in [5.74, 6) is 0. The highest BCUT2D eigenvalue weighted by Crippen LogP contribution is 2.18.